The summed E-state index contributed by atoms with van der Waals surface area (Å²) in [6.45, 7) is 4.72. The molecule has 0 spiro atoms. The van der Waals surface area contributed by atoms with Gasteiger partial charge in [0.1, 0.15) is 0 Å². The van der Waals surface area contributed by atoms with Gasteiger partial charge in [0.25, 0.3) is 0 Å². The van der Waals surface area contributed by atoms with Crippen molar-refractivity contribution in [3.05, 3.63) is 0 Å². The summed E-state index contributed by atoms with van der Waals surface area (Å²) >= 11 is 4.19. The van der Waals surface area contributed by atoms with Crippen molar-refractivity contribution in [2.45, 2.75) is 39.0 Å². The summed E-state index contributed by atoms with van der Waals surface area (Å²) in [5, 5.41) is 0. The fourth-order valence-corrected chi connectivity index (χ4v) is 1.40. The molecule has 0 bridgehead atoms. The maximum absolute atomic E-state index is 4.19. The van der Waals surface area contributed by atoms with Crippen molar-refractivity contribution in [3.8, 4) is 0 Å². The molecule has 0 amide bonds. The lowest BCUT2D eigenvalue weighted by Crippen LogP contribution is -2.21. The molecule has 0 unspecified atom stereocenters. The van der Waals surface area contributed by atoms with Crippen molar-refractivity contribution in [1.82, 2.24) is 4.90 Å². The lowest BCUT2D eigenvalue weighted by Gasteiger charge is -2.15. The molecule has 12 heavy (non-hydrogen) atoms. The van der Waals surface area contributed by atoms with E-state index in [-0.39, 0.29) is 0 Å². The van der Waals surface area contributed by atoms with Crippen LogP contribution in [0.1, 0.15) is 39.0 Å². The third-order valence-electron chi connectivity index (χ3n) is 2.09. The fourth-order valence-electron chi connectivity index (χ4n) is 1.26. The van der Waals surface area contributed by atoms with E-state index in [2.05, 4.69) is 31.5 Å². The van der Waals surface area contributed by atoms with Crippen LogP contribution in [0.25, 0.3) is 0 Å². The summed E-state index contributed by atoms with van der Waals surface area (Å²) in [4.78, 5) is 2.41. The summed E-state index contributed by atoms with van der Waals surface area (Å²) in [6, 6.07) is 0. The summed E-state index contributed by atoms with van der Waals surface area (Å²) < 4.78 is 0. The average molecular weight is 189 g/mol. The highest BCUT2D eigenvalue weighted by molar-refractivity contribution is 7.80. The maximum atomic E-state index is 4.19. The Morgan fingerprint density at radius 2 is 1.67 bits per heavy atom. The zero-order chi connectivity index (χ0) is 9.23. The van der Waals surface area contributed by atoms with Crippen molar-refractivity contribution < 1.29 is 0 Å². The monoisotopic (exact) mass is 189 g/mol. The molecule has 0 heterocycles. The van der Waals surface area contributed by atoms with Crippen molar-refractivity contribution in [2.24, 2.45) is 0 Å². The Bertz CT molecular complexity index is 85.9. The van der Waals surface area contributed by atoms with Gasteiger partial charge in [-0.2, -0.15) is 12.6 Å². The second kappa shape index (κ2) is 9.40. The molecule has 0 aromatic rings. The number of thiol groups is 1. The van der Waals surface area contributed by atoms with Crippen LogP contribution in [-0.4, -0.2) is 30.8 Å². The van der Waals surface area contributed by atoms with Crippen molar-refractivity contribution in [1.29, 1.82) is 0 Å². The molecule has 0 atom stereocenters. The van der Waals surface area contributed by atoms with Gasteiger partial charge in [0, 0.05) is 0 Å². The standard InChI is InChI=1S/C10H23NS/c1-3-4-5-6-8-11(2)9-7-10-12/h12H,3-10H2,1-2H3. The molecule has 0 saturated carbocycles. The minimum Gasteiger partial charge on any atom is -0.306 e. The van der Waals surface area contributed by atoms with Gasteiger partial charge in [-0.05, 0) is 38.7 Å². The van der Waals surface area contributed by atoms with Gasteiger partial charge in [0.05, 0.1) is 0 Å². The van der Waals surface area contributed by atoms with Gasteiger partial charge in [-0.15, -0.1) is 0 Å². The Kier molecular flexibility index (Phi) is 9.64. The molecule has 1 nitrogen and oxygen atoms in total. The van der Waals surface area contributed by atoms with E-state index in [9.17, 15) is 0 Å². The molecular formula is C10H23NS. The predicted molar refractivity (Wildman–Crippen MR) is 60.1 cm³/mol. The van der Waals surface area contributed by atoms with E-state index in [1.807, 2.05) is 0 Å². The van der Waals surface area contributed by atoms with E-state index in [1.54, 1.807) is 0 Å². The van der Waals surface area contributed by atoms with E-state index >= 15 is 0 Å². The second-order valence-corrected chi connectivity index (χ2v) is 3.89. The third kappa shape index (κ3) is 8.41. The first kappa shape index (κ1) is 12.3. The molecule has 0 aliphatic carbocycles. The molecule has 0 N–H and O–H groups in total. The van der Waals surface area contributed by atoms with Gasteiger partial charge >= 0.3 is 0 Å². The van der Waals surface area contributed by atoms with E-state index in [0.717, 1.165) is 5.75 Å². The van der Waals surface area contributed by atoms with Gasteiger partial charge in [-0.1, -0.05) is 26.2 Å². The van der Waals surface area contributed by atoms with Crippen LogP contribution in [0.4, 0.5) is 0 Å². The molecule has 0 aromatic carbocycles. The lowest BCUT2D eigenvalue weighted by molar-refractivity contribution is 0.326. The quantitative estimate of drug-likeness (QED) is 0.454. The van der Waals surface area contributed by atoms with Crippen LogP contribution in [0.5, 0.6) is 0 Å². The van der Waals surface area contributed by atoms with Crippen molar-refractivity contribution in [2.75, 3.05) is 25.9 Å². The van der Waals surface area contributed by atoms with Crippen molar-refractivity contribution in [3.63, 3.8) is 0 Å². The third-order valence-corrected chi connectivity index (χ3v) is 2.41. The van der Waals surface area contributed by atoms with Crippen LogP contribution in [0.2, 0.25) is 0 Å². The van der Waals surface area contributed by atoms with Crippen LogP contribution >= 0.6 is 12.6 Å². The van der Waals surface area contributed by atoms with Gasteiger partial charge < -0.3 is 4.90 Å². The largest absolute Gasteiger partial charge is 0.306 e. The zero-order valence-corrected chi connectivity index (χ0v) is 9.45. The number of nitrogens with zero attached hydrogens (tertiary/aromatic N) is 1. The molecule has 0 saturated heterocycles. The predicted octanol–water partition coefficient (Wildman–Crippen LogP) is 2.82. The Morgan fingerprint density at radius 1 is 1.00 bits per heavy atom. The molecule has 0 aliphatic heterocycles. The lowest BCUT2D eigenvalue weighted by atomic mass is 10.2. The highest BCUT2D eigenvalue weighted by Gasteiger charge is 1.96. The minimum atomic E-state index is 1.01. The SMILES string of the molecule is CCCCCCN(C)CCCS. The molecule has 0 aliphatic rings. The van der Waals surface area contributed by atoms with Crippen LogP contribution in [0.15, 0.2) is 0 Å². The number of unbranched alkanes of at least 4 members (excludes halogenated alkanes) is 3. The van der Waals surface area contributed by atoms with Crippen LogP contribution in [0.3, 0.4) is 0 Å². The first-order valence-electron chi connectivity index (χ1n) is 5.10. The highest BCUT2D eigenvalue weighted by atomic mass is 32.1. The van der Waals surface area contributed by atoms with Crippen LogP contribution in [0, 0.1) is 0 Å². The van der Waals surface area contributed by atoms with Gasteiger partial charge in [-0.25, -0.2) is 0 Å². The highest BCUT2D eigenvalue weighted by Crippen LogP contribution is 2.00. The van der Waals surface area contributed by atoms with Gasteiger partial charge in [-0.3, -0.25) is 0 Å². The molecular weight excluding hydrogens is 166 g/mol. The smallest absolute Gasteiger partial charge is 0.00140 e. The first-order valence-corrected chi connectivity index (χ1v) is 5.74. The van der Waals surface area contributed by atoms with Crippen molar-refractivity contribution >= 4 is 12.6 Å². The Hall–Kier alpha value is 0.310. The van der Waals surface area contributed by atoms with Gasteiger partial charge in [0.2, 0.25) is 0 Å². The van der Waals surface area contributed by atoms with E-state index in [1.165, 1.54) is 45.2 Å². The molecule has 0 aromatic heterocycles. The zero-order valence-electron chi connectivity index (χ0n) is 8.55. The molecule has 0 radical (unpaired) electrons. The molecule has 0 rings (SSSR count). The number of hydrogen-bond donors (Lipinski definition) is 1. The fraction of sp³-hybridized carbons (Fsp3) is 1.00. The summed E-state index contributed by atoms with van der Waals surface area (Å²) in [5.74, 6) is 1.01. The van der Waals surface area contributed by atoms with Crippen LogP contribution in [-0.2, 0) is 0 Å². The summed E-state index contributed by atoms with van der Waals surface area (Å²) in [5.41, 5.74) is 0. The summed E-state index contributed by atoms with van der Waals surface area (Å²) in [6.07, 6.45) is 6.69. The first-order chi connectivity index (χ1) is 5.81. The summed E-state index contributed by atoms with van der Waals surface area (Å²) in [7, 11) is 2.20. The average Bonchev–Trinajstić information content (AvgIpc) is 2.09. The maximum Gasteiger partial charge on any atom is -0.00140 e. The normalized spacial score (nSPS) is 11.0. The Morgan fingerprint density at radius 3 is 2.25 bits per heavy atom. The molecule has 74 valence electrons. The van der Waals surface area contributed by atoms with E-state index in [4.69, 9.17) is 0 Å². The number of rotatable bonds is 8. The molecule has 0 fully saturated rings. The Balaban J connectivity index is 3.02. The molecule has 2 heteroatoms. The number of hydrogen-bond acceptors (Lipinski definition) is 2. The second-order valence-electron chi connectivity index (χ2n) is 3.44. The topological polar surface area (TPSA) is 3.24 Å². The Labute approximate surface area is 82.9 Å². The van der Waals surface area contributed by atoms with Crippen LogP contribution < -0.4 is 0 Å². The van der Waals surface area contributed by atoms with Gasteiger partial charge in [0.15, 0.2) is 0 Å². The van der Waals surface area contributed by atoms with E-state index < -0.39 is 0 Å². The minimum absolute atomic E-state index is 1.01. The van der Waals surface area contributed by atoms with E-state index in [0.29, 0.717) is 0 Å².